The molecule has 1 aliphatic rings. The van der Waals surface area contributed by atoms with Crippen molar-refractivity contribution in [2.75, 3.05) is 6.79 Å². The van der Waals surface area contributed by atoms with Gasteiger partial charge in [-0.3, -0.25) is 4.79 Å². The zero-order valence-electron chi connectivity index (χ0n) is 13.7. The molecule has 126 valence electrons. The predicted molar refractivity (Wildman–Crippen MR) is 91.5 cm³/mol. The normalized spacial score (nSPS) is 13.5. The van der Waals surface area contributed by atoms with Gasteiger partial charge in [0.25, 0.3) is 5.91 Å². The molecule has 1 aromatic heterocycles. The average molecular weight is 335 g/mol. The Morgan fingerprint density at radius 1 is 1.16 bits per heavy atom. The maximum absolute atomic E-state index is 12.8. The third-order valence-electron chi connectivity index (χ3n) is 4.16. The van der Waals surface area contributed by atoms with Crippen LogP contribution in [0.15, 0.2) is 60.9 Å². The fourth-order valence-electron chi connectivity index (χ4n) is 2.85. The molecule has 6 nitrogen and oxygen atoms in total. The highest BCUT2D eigenvalue weighted by Gasteiger charge is 2.22. The molecule has 1 aliphatic heterocycles. The summed E-state index contributed by atoms with van der Waals surface area (Å²) in [7, 11) is 1.91. The van der Waals surface area contributed by atoms with Gasteiger partial charge in [-0.2, -0.15) is 0 Å². The van der Waals surface area contributed by atoms with Crippen LogP contribution in [0.25, 0.3) is 0 Å². The lowest BCUT2D eigenvalue weighted by atomic mass is 10.1. The van der Waals surface area contributed by atoms with Crippen molar-refractivity contribution in [1.82, 2.24) is 14.9 Å². The Hall–Kier alpha value is -3.28. The van der Waals surface area contributed by atoms with E-state index < -0.39 is 0 Å². The predicted octanol–water partition coefficient (Wildman–Crippen LogP) is 2.67. The number of amides is 1. The molecule has 0 spiro atoms. The first-order chi connectivity index (χ1) is 12.2. The van der Waals surface area contributed by atoms with E-state index >= 15 is 0 Å². The molecular formula is C19H17N3O3. The largest absolute Gasteiger partial charge is 0.454 e. The van der Waals surface area contributed by atoms with E-state index in [-0.39, 0.29) is 18.7 Å². The number of benzene rings is 2. The minimum atomic E-state index is -0.348. The Labute approximate surface area is 145 Å². The van der Waals surface area contributed by atoms with E-state index in [4.69, 9.17) is 9.47 Å². The van der Waals surface area contributed by atoms with Crippen LogP contribution in [-0.2, 0) is 7.05 Å². The first-order valence-electron chi connectivity index (χ1n) is 7.95. The third kappa shape index (κ3) is 2.94. The molecule has 1 N–H and O–H groups in total. The highest BCUT2D eigenvalue weighted by molar-refractivity contribution is 5.95. The second-order valence-electron chi connectivity index (χ2n) is 5.78. The number of fused-ring (bicyclic) bond motifs is 1. The summed E-state index contributed by atoms with van der Waals surface area (Å²) in [6.07, 6.45) is 3.58. The first-order valence-corrected chi connectivity index (χ1v) is 7.95. The lowest BCUT2D eigenvalue weighted by Gasteiger charge is -2.19. The number of rotatable bonds is 4. The zero-order chi connectivity index (χ0) is 17.2. The molecule has 4 rings (SSSR count). The van der Waals surface area contributed by atoms with Crippen molar-refractivity contribution in [3.05, 3.63) is 77.9 Å². The van der Waals surface area contributed by atoms with Crippen molar-refractivity contribution in [2.45, 2.75) is 6.04 Å². The van der Waals surface area contributed by atoms with Gasteiger partial charge in [0.05, 0.1) is 0 Å². The molecule has 0 bridgehead atoms. The van der Waals surface area contributed by atoms with Gasteiger partial charge in [-0.15, -0.1) is 0 Å². The number of aromatic nitrogens is 2. The monoisotopic (exact) mass is 335 g/mol. The Morgan fingerprint density at radius 3 is 2.72 bits per heavy atom. The number of nitrogens with zero attached hydrogens (tertiary/aromatic N) is 2. The van der Waals surface area contributed by atoms with E-state index in [9.17, 15) is 4.79 Å². The summed E-state index contributed by atoms with van der Waals surface area (Å²) in [4.78, 5) is 17.2. The maximum atomic E-state index is 12.8. The summed E-state index contributed by atoms with van der Waals surface area (Å²) in [6.45, 7) is 0.181. The number of imidazole rings is 1. The average Bonchev–Trinajstić information content (AvgIpc) is 3.28. The third-order valence-corrected chi connectivity index (χ3v) is 4.16. The Morgan fingerprint density at radius 2 is 1.96 bits per heavy atom. The van der Waals surface area contributed by atoms with Crippen LogP contribution in [-0.4, -0.2) is 22.3 Å². The number of ether oxygens (including phenoxy) is 2. The van der Waals surface area contributed by atoms with Crippen LogP contribution < -0.4 is 14.8 Å². The second-order valence-corrected chi connectivity index (χ2v) is 5.78. The van der Waals surface area contributed by atoms with Gasteiger partial charge in [-0.1, -0.05) is 30.3 Å². The van der Waals surface area contributed by atoms with Crippen LogP contribution >= 0.6 is 0 Å². The SMILES string of the molecule is Cn1ccnc1[C@@H](NC(=O)c1ccc2c(c1)OCO2)c1ccccc1. The molecule has 3 aromatic rings. The quantitative estimate of drug-likeness (QED) is 0.796. The number of hydrogen-bond acceptors (Lipinski definition) is 4. The Kier molecular flexibility index (Phi) is 3.85. The number of carbonyl (C=O) groups is 1. The molecule has 25 heavy (non-hydrogen) atoms. The molecule has 0 saturated heterocycles. The smallest absolute Gasteiger partial charge is 0.252 e. The van der Waals surface area contributed by atoms with Crippen molar-refractivity contribution in [3.63, 3.8) is 0 Å². The summed E-state index contributed by atoms with van der Waals surface area (Å²) >= 11 is 0. The number of nitrogens with one attached hydrogen (secondary N) is 1. The fourth-order valence-corrected chi connectivity index (χ4v) is 2.85. The molecule has 0 fully saturated rings. The summed E-state index contributed by atoms with van der Waals surface area (Å²) in [5.41, 5.74) is 1.48. The number of carbonyl (C=O) groups excluding carboxylic acids is 1. The zero-order valence-corrected chi connectivity index (χ0v) is 13.7. The van der Waals surface area contributed by atoms with Crippen LogP contribution in [0.4, 0.5) is 0 Å². The maximum Gasteiger partial charge on any atom is 0.252 e. The molecule has 6 heteroatoms. The van der Waals surface area contributed by atoms with Crippen molar-refractivity contribution < 1.29 is 14.3 Å². The molecule has 2 aromatic carbocycles. The minimum absolute atomic E-state index is 0.181. The molecule has 0 radical (unpaired) electrons. The van der Waals surface area contributed by atoms with Crippen LogP contribution in [0.1, 0.15) is 27.8 Å². The minimum Gasteiger partial charge on any atom is -0.454 e. The number of aryl methyl sites for hydroxylation is 1. The van der Waals surface area contributed by atoms with Gasteiger partial charge in [0.15, 0.2) is 11.5 Å². The molecule has 2 heterocycles. The molecule has 1 atom stereocenters. The summed E-state index contributed by atoms with van der Waals surface area (Å²) in [6, 6.07) is 14.6. The van der Waals surface area contributed by atoms with E-state index in [1.165, 1.54) is 0 Å². The van der Waals surface area contributed by atoms with Crippen molar-refractivity contribution in [2.24, 2.45) is 7.05 Å². The second kappa shape index (κ2) is 6.32. The van der Waals surface area contributed by atoms with E-state index in [2.05, 4.69) is 10.3 Å². The highest BCUT2D eigenvalue weighted by atomic mass is 16.7. The standard InChI is InChI=1S/C19H17N3O3/c1-22-10-9-20-18(22)17(13-5-3-2-4-6-13)21-19(23)14-7-8-15-16(11-14)25-12-24-15/h2-11,17H,12H2,1H3,(H,21,23)/t17-/m0/s1. The Bertz CT molecular complexity index is 905. The Balaban J connectivity index is 1.65. The topological polar surface area (TPSA) is 65.4 Å². The van der Waals surface area contributed by atoms with E-state index in [0.717, 1.165) is 11.4 Å². The molecule has 1 amide bonds. The van der Waals surface area contributed by atoms with Crippen LogP contribution in [0.2, 0.25) is 0 Å². The van der Waals surface area contributed by atoms with E-state index in [1.54, 1.807) is 24.4 Å². The van der Waals surface area contributed by atoms with Gasteiger partial charge >= 0.3 is 0 Å². The summed E-state index contributed by atoms with van der Waals surface area (Å²) in [5, 5.41) is 3.07. The van der Waals surface area contributed by atoms with E-state index in [0.29, 0.717) is 17.1 Å². The van der Waals surface area contributed by atoms with E-state index in [1.807, 2.05) is 48.1 Å². The molecule has 0 saturated carbocycles. The van der Waals surface area contributed by atoms with Crippen molar-refractivity contribution in [1.29, 1.82) is 0 Å². The van der Waals surface area contributed by atoms with Crippen LogP contribution in [0, 0.1) is 0 Å². The van der Waals surface area contributed by atoms with Crippen LogP contribution in [0.3, 0.4) is 0 Å². The van der Waals surface area contributed by atoms with Gasteiger partial charge in [-0.25, -0.2) is 4.98 Å². The summed E-state index contributed by atoms with van der Waals surface area (Å²) < 4.78 is 12.5. The highest BCUT2D eigenvalue weighted by Crippen LogP contribution is 2.32. The van der Waals surface area contributed by atoms with Crippen LogP contribution in [0.5, 0.6) is 11.5 Å². The van der Waals surface area contributed by atoms with Crippen molar-refractivity contribution in [3.8, 4) is 11.5 Å². The summed E-state index contributed by atoms with van der Waals surface area (Å²) in [5.74, 6) is 1.80. The van der Waals surface area contributed by atoms with Gasteiger partial charge in [0.1, 0.15) is 11.9 Å². The number of hydrogen-bond donors (Lipinski definition) is 1. The molecule has 0 aliphatic carbocycles. The first kappa shape index (κ1) is 15.3. The fraction of sp³-hybridized carbons (Fsp3) is 0.158. The lowest BCUT2D eigenvalue weighted by Crippen LogP contribution is -2.31. The van der Waals surface area contributed by atoms with Gasteiger partial charge in [-0.05, 0) is 23.8 Å². The van der Waals surface area contributed by atoms with Gasteiger partial charge in [0, 0.05) is 25.0 Å². The van der Waals surface area contributed by atoms with Gasteiger partial charge < -0.3 is 19.4 Å². The molecule has 0 unspecified atom stereocenters. The lowest BCUT2D eigenvalue weighted by molar-refractivity contribution is 0.0940. The van der Waals surface area contributed by atoms with Crippen molar-refractivity contribution >= 4 is 5.91 Å². The molecular weight excluding hydrogens is 318 g/mol. The van der Waals surface area contributed by atoms with Gasteiger partial charge in [0.2, 0.25) is 6.79 Å².